The molecule has 1 amide bonds. The Kier molecular flexibility index (Phi) is 8.92. The summed E-state index contributed by atoms with van der Waals surface area (Å²) in [4.78, 5) is 17.7. The van der Waals surface area contributed by atoms with E-state index in [0.717, 1.165) is 70.1 Å². The van der Waals surface area contributed by atoms with Crippen LogP contribution in [0.1, 0.15) is 60.9 Å². The summed E-state index contributed by atoms with van der Waals surface area (Å²) in [6, 6.07) is 13.5. The number of carbonyl (C=O) groups is 1. The summed E-state index contributed by atoms with van der Waals surface area (Å²) in [6.45, 7) is 5.20. The first-order valence-corrected chi connectivity index (χ1v) is 16.5. The van der Waals surface area contributed by atoms with E-state index in [1.54, 1.807) is 10.4 Å². The molecule has 2 aromatic carbocycles. The van der Waals surface area contributed by atoms with Crippen molar-refractivity contribution in [3.05, 3.63) is 71.3 Å². The first kappa shape index (κ1) is 29.1. The number of nitrogens with zero attached hydrogens (tertiary/aromatic N) is 3. The molecule has 6 nitrogen and oxygen atoms in total. The molecule has 0 bridgehead atoms. The number of rotatable bonds is 7. The fourth-order valence-corrected chi connectivity index (χ4v) is 8.05. The number of piperidine rings is 3. The second-order valence-electron chi connectivity index (χ2n) is 12.0. The molecule has 0 saturated carbocycles. The Labute approximate surface area is 237 Å². The van der Waals surface area contributed by atoms with Crippen LogP contribution in [0.3, 0.4) is 0 Å². The van der Waals surface area contributed by atoms with Crippen LogP contribution in [0.2, 0.25) is 0 Å². The lowest BCUT2D eigenvalue weighted by Crippen LogP contribution is -2.50. The molecule has 3 aliphatic heterocycles. The summed E-state index contributed by atoms with van der Waals surface area (Å²) < 4.78 is 53.6. The summed E-state index contributed by atoms with van der Waals surface area (Å²) in [5.41, 5.74) is 0.976. The van der Waals surface area contributed by atoms with E-state index in [4.69, 9.17) is 0 Å². The maximum absolute atomic E-state index is 14.4. The number of halogens is 2. The fraction of sp³-hybridized carbons (Fsp3) is 0.581. The first-order chi connectivity index (χ1) is 19.1. The van der Waals surface area contributed by atoms with Crippen LogP contribution in [0.15, 0.2) is 48.5 Å². The molecule has 2 aromatic rings. The van der Waals surface area contributed by atoms with Crippen molar-refractivity contribution in [2.45, 2.75) is 50.4 Å². The summed E-state index contributed by atoms with van der Waals surface area (Å²) in [6.07, 6.45) is 7.76. The quantitative estimate of drug-likeness (QED) is 0.472. The van der Waals surface area contributed by atoms with E-state index >= 15 is 0 Å². The third kappa shape index (κ3) is 6.58. The zero-order chi connectivity index (χ0) is 28.3. The lowest BCUT2D eigenvalue weighted by molar-refractivity contribution is 0.0593. The first-order valence-electron chi connectivity index (χ1n) is 14.6. The minimum Gasteiger partial charge on any atom is -0.338 e. The summed E-state index contributed by atoms with van der Waals surface area (Å²) in [5.74, 6) is -0.520. The molecule has 0 radical (unpaired) electrons. The van der Waals surface area contributed by atoms with E-state index in [0.29, 0.717) is 43.6 Å². The van der Waals surface area contributed by atoms with Crippen LogP contribution >= 0.6 is 0 Å². The number of likely N-dealkylation sites (tertiary alicyclic amines) is 2. The molecular formula is C31H41F2N3O3S. The van der Waals surface area contributed by atoms with E-state index in [-0.39, 0.29) is 5.91 Å². The zero-order valence-electron chi connectivity index (χ0n) is 23.4. The highest BCUT2D eigenvalue weighted by molar-refractivity contribution is 7.88. The van der Waals surface area contributed by atoms with Gasteiger partial charge in [-0.3, -0.25) is 4.79 Å². The van der Waals surface area contributed by atoms with Gasteiger partial charge >= 0.3 is 0 Å². The van der Waals surface area contributed by atoms with Crippen LogP contribution in [0.5, 0.6) is 0 Å². The third-order valence-electron chi connectivity index (χ3n) is 9.59. The highest BCUT2D eigenvalue weighted by Gasteiger charge is 2.40. The van der Waals surface area contributed by atoms with Crippen LogP contribution in [0, 0.1) is 23.5 Å². The molecule has 1 unspecified atom stereocenters. The molecule has 5 rings (SSSR count). The highest BCUT2D eigenvalue weighted by Crippen LogP contribution is 2.39. The Bertz CT molecular complexity index is 1280. The molecule has 1 atom stereocenters. The van der Waals surface area contributed by atoms with Gasteiger partial charge in [0.25, 0.3) is 5.91 Å². The lowest BCUT2D eigenvalue weighted by atomic mass is 9.71. The van der Waals surface area contributed by atoms with Crippen molar-refractivity contribution in [1.29, 1.82) is 0 Å². The summed E-state index contributed by atoms with van der Waals surface area (Å²) in [7, 11) is -3.11. The Balaban J connectivity index is 1.24. The van der Waals surface area contributed by atoms with E-state index in [1.165, 1.54) is 18.4 Å². The Morgan fingerprint density at radius 3 is 2.17 bits per heavy atom. The number of carbonyl (C=O) groups excluding carboxylic acids is 1. The van der Waals surface area contributed by atoms with E-state index < -0.39 is 27.1 Å². The standard InChI is InChI=1S/C31H41F2N3O3S/c1-40(38,39)36-19-12-25(13-20-36)24-10-17-34(18-11-24)21-15-31(27-8-9-28(32)29(33)22-27)14-5-16-35(23-31)30(37)26-6-3-2-4-7-26/h2-4,6-9,22,24-25H,5,10-21,23H2,1H3. The Hall–Kier alpha value is -2.36. The van der Waals surface area contributed by atoms with E-state index in [1.807, 2.05) is 35.2 Å². The second kappa shape index (κ2) is 12.2. The average molecular weight is 574 g/mol. The van der Waals surface area contributed by atoms with Crippen molar-refractivity contribution in [2.75, 3.05) is 52.1 Å². The zero-order valence-corrected chi connectivity index (χ0v) is 24.2. The topological polar surface area (TPSA) is 60.9 Å². The largest absolute Gasteiger partial charge is 0.338 e. The highest BCUT2D eigenvalue weighted by atomic mass is 32.2. The molecule has 9 heteroatoms. The molecule has 0 N–H and O–H groups in total. The van der Waals surface area contributed by atoms with Gasteiger partial charge in [-0.2, -0.15) is 0 Å². The predicted molar refractivity (Wildman–Crippen MR) is 153 cm³/mol. The normalized spacial score (nSPS) is 24.3. The van der Waals surface area contributed by atoms with Crippen molar-refractivity contribution < 1.29 is 22.0 Å². The number of benzene rings is 2. The van der Waals surface area contributed by atoms with Crippen LogP contribution in [-0.4, -0.2) is 80.5 Å². The Morgan fingerprint density at radius 1 is 0.900 bits per heavy atom. The SMILES string of the molecule is CS(=O)(=O)N1CCC(C2CCN(CCC3(c4ccc(F)c(F)c4)CCCN(C(=O)c4ccccc4)C3)CC2)CC1. The van der Waals surface area contributed by atoms with Gasteiger partial charge in [0, 0.05) is 37.2 Å². The van der Waals surface area contributed by atoms with Gasteiger partial charge in [0.1, 0.15) is 0 Å². The molecule has 3 heterocycles. The van der Waals surface area contributed by atoms with Crippen molar-refractivity contribution >= 4 is 15.9 Å². The van der Waals surface area contributed by atoms with Crippen LogP contribution in [0.4, 0.5) is 8.78 Å². The lowest BCUT2D eigenvalue weighted by Gasteiger charge is -2.45. The molecular weight excluding hydrogens is 532 g/mol. The maximum Gasteiger partial charge on any atom is 0.253 e. The Morgan fingerprint density at radius 2 is 1.55 bits per heavy atom. The molecule has 0 aromatic heterocycles. The molecule has 218 valence electrons. The number of hydrogen-bond acceptors (Lipinski definition) is 4. The van der Waals surface area contributed by atoms with E-state index in [2.05, 4.69) is 4.90 Å². The second-order valence-corrected chi connectivity index (χ2v) is 14.0. The summed E-state index contributed by atoms with van der Waals surface area (Å²) in [5, 5.41) is 0. The van der Waals surface area contributed by atoms with Crippen molar-refractivity contribution in [2.24, 2.45) is 11.8 Å². The van der Waals surface area contributed by atoms with Gasteiger partial charge in [0.2, 0.25) is 10.0 Å². The summed E-state index contributed by atoms with van der Waals surface area (Å²) >= 11 is 0. The van der Waals surface area contributed by atoms with E-state index in [9.17, 15) is 22.0 Å². The van der Waals surface area contributed by atoms with Crippen molar-refractivity contribution in [3.63, 3.8) is 0 Å². The molecule has 3 aliphatic rings. The molecule has 3 saturated heterocycles. The van der Waals surface area contributed by atoms with Crippen molar-refractivity contribution in [1.82, 2.24) is 14.1 Å². The van der Waals surface area contributed by atoms with Gasteiger partial charge in [0.05, 0.1) is 6.26 Å². The number of hydrogen-bond donors (Lipinski definition) is 0. The average Bonchev–Trinajstić information content (AvgIpc) is 2.97. The smallest absolute Gasteiger partial charge is 0.253 e. The fourth-order valence-electron chi connectivity index (χ4n) is 7.18. The monoisotopic (exact) mass is 573 g/mol. The van der Waals surface area contributed by atoms with Gasteiger partial charge in [-0.1, -0.05) is 24.3 Å². The number of sulfonamides is 1. The molecule has 0 aliphatic carbocycles. The van der Waals surface area contributed by atoms with Gasteiger partial charge < -0.3 is 9.80 Å². The molecule has 40 heavy (non-hydrogen) atoms. The minimum absolute atomic E-state index is 0.0185. The van der Waals surface area contributed by atoms with Crippen molar-refractivity contribution in [3.8, 4) is 0 Å². The van der Waals surface area contributed by atoms with Gasteiger partial charge in [-0.25, -0.2) is 21.5 Å². The number of amides is 1. The molecule has 3 fully saturated rings. The van der Waals surface area contributed by atoms with Crippen LogP contribution in [-0.2, 0) is 15.4 Å². The van der Waals surface area contributed by atoms with Gasteiger partial charge in [0.15, 0.2) is 11.6 Å². The van der Waals surface area contributed by atoms with Crippen LogP contribution in [0.25, 0.3) is 0 Å². The van der Waals surface area contributed by atoms with Gasteiger partial charge in [-0.15, -0.1) is 0 Å². The van der Waals surface area contributed by atoms with Crippen LogP contribution < -0.4 is 0 Å². The maximum atomic E-state index is 14.4. The third-order valence-corrected chi connectivity index (χ3v) is 10.9. The molecule has 0 spiro atoms. The predicted octanol–water partition coefficient (Wildman–Crippen LogP) is 4.91. The minimum atomic E-state index is -3.11. The van der Waals surface area contributed by atoms with Gasteiger partial charge in [-0.05, 0) is 106 Å².